The summed E-state index contributed by atoms with van der Waals surface area (Å²) in [5.41, 5.74) is 3.43. The quantitative estimate of drug-likeness (QED) is 0.646. The van der Waals surface area contributed by atoms with Crippen molar-refractivity contribution in [1.29, 1.82) is 0 Å². The molecule has 0 aliphatic carbocycles. The van der Waals surface area contributed by atoms with Gasteiger partial charge in [0.05, 0.1) is 0 Å². The van der Waals surface area contributed by atoms with Crippen molar-refractivity contribution in [3.8, 4) is 0 Å². The van der Waals surface area contributed by atoms with Gasteiger partial charge in [-0.25, -0.2) is 4.79 Å². The van der Waals surface area contributed by atoms with Gasteiger partial charge >= 0.3 is 6.09 Å². The summed E-state index contributed by atoms with van der Waals surface area (Å²) in [7, 11) is 0. The highest BCUT2D eigenvalue weighted by atomic mass is 35.5. The van der Waals surface area contributed by atoms with Crippen LogP contribution in [0, 0.1) is 12.3 Å². The molecule has 0 saturated carbocycles. The van der Waals surface area contributed by atoms with E-state index < -0.39 is 6.09 Å². The summed E-state index contributed by atoms with van der Waals surface area (Å²) in [5.74, 6) is 0. The molecule has 0 spiro atoms. The number of aryl methyl sites for hydroxylation is 1. The van der Waals surface area contributed by atoms with Crippen LogP contribution in [-0.4, -0.2) is 34.7 Å². The van der Waals surface area contributed by atoms with Crippen LogP contribution in [0.5, 0.6) is 0 Å². The molecule has 156 valence electrons. The first-order valence-corrected chi connectivity index (χ1v) is 10.6. The van der Waals surface area contributed by atoms with Crippen LogP contribution in [0.1, 0.15) is 44.7 Å². The Bertz CT molecular complexity index is 845. The number of rotatable bonds is 4. The van der Waals surface area contributed by atoms with Gasteiger partial charge in [0.25, 0.3) is 0 Å². The Morgan fingerprint density at radius 3 is 2.48 bits per heavy atom. The van der Waals surface area contributed by atoms with Crippen molar-refractivity contribution >= 4 is 23.4 Å². The van der Waals surface area contributed by atoms with Crippen molar-refractivity contribution in [3.05, 3.63) is 64.7 Å². The molecule has 2 aromatic rings. The smallest absolute Gasteiger partial charge is 0.407 e. The summed E-state index contributed by atoms with van der Waals surface area (Å²) in [6.07, 6.45) is 0.803. The van der Waals surface area contributed by atoms with E-state index in [4.69, 9.17) is 11.6 Å². The third-order valence-corrected chi connectivity index (χ3v) is 6.10. The minimum atomic E-state index is -0.819. The zero-order chi connectivity index (χ0) is 21.2. The SMILES string of the molecule is Cc1ccc(N(Cc2cccc(Cl)c2)C2CCN(C(=O)O)C(C(C)(C)C)C2)cc1. The fourth-order valence-corrected chi connectivity index (χ4v) is 4.49. The molecule has 1 aliphatic heterocycles. The van der Waals surface area contributed by atoms with Crippen molar-refractivity contribution in [2.75, 3.05) is 11.4 Å². The molecule has 2 atom stereocenters. The molecule has 0 radical (unpaired) electrons. The maximum absolute atomic E-state index is 11.8. The third kappa shape index (κ3) is 5.24. The van der Waals surface area contributed by atoms with Crippen LogP contribution in [0.15, 0.2) is 48.5 Å². The second-order valence-electron chi connectivity index (χ2n) is 9.13. The van der Waals surface area contributed by atoms with Gasteiger partial charge < -0.3 is 14.9 Å². The number of nitrogens with zero attached hydrogens (tertiary/aromatic N) is 2. The average Bonchev–Trinajstić information content (AvgIpc) is 2.66. The molecule has 1 saturated heterocycles. The molecule has 2 aromatic carbocycles. The fourth-order valence-electron chi connectivity index (χ4n) is 4.28. The summed E-state index contributed by atoms with van der Waals surface area (Å²) in [6, 6.07) is 16.8. The van der Waals surface area contributed by atoms with Gasteiger partial charge in [-0.2, -0.15) is 0 Å². The van der Waals surface area contributed by atoms with Crippen molar-refractivity contribution in [2.45, 2.75) is 59.2 Å². The number of hydrogen-bond donors (Lipinski definition) is 1. The predicted octanol–water partition coefficient (Wildman–Crippen LogP) is 6.21. The van der Waals surface area contributed by atoms with E-state index in [1.54, 1.807) is 4.90 Å². The van der Waals surface area contributed by atoms with Gasteiger partial charge in [-0.15, -0.1) is 0 Å². The highest BCUT2D eigenvalue weighted by molar-refractivity contribution is 6.30. The number of carbonyl (C=O) groups is 1. The lowest BCUT2D eigenvalue weighted by Gasteiger charge is -2.48. The van der Waals surface area contributed by atoms with Crippen LogP contribution >= 0.6 is 11.6 Å². The van der Waals surface area contributed by atoms with Crippen LogP contribution in [0.25, 0.3) is 0 Å². The van der Waals surface area contributed by atoms with Crippen molar-refractivity contribution in [2.24, 2.45) is 5.41 Å². The van der Waals surface area contributed by atoms with E-state index in [0.29, 0.717) is 6.54 Å². The third-order valence-electron chi connectivity index (χ3n) is 5.87. The molecule has 0 bridgehead atoms. The molecule has 1 fully saturated rings. The van der Waals surface area contributed by atoms with E-state index in [1.807, 2.05) is 18.2 Å². The Hall–Kier alpha value is -2.20. The number of likely N-dealkylation sites (tertiary alicyclic amines) is 1. The summed E-state index contributed by atoms with van der Waals surface area (Å²) >= 11 is 6.23. The minimum absolute atomic E-state index is 0.0222. The predicted molar refractivity (Wildman–Crippen MR) is 120 cm³/mol. The van der Waals surface area contributed by atoms with Crippen molar-refractivity contribution < 1.29 is 9.90 Å². The van der Waals surface area contributed by atoms with Crippen LogP contribution in [0.4, 0.5) is 10.5 Å². The molecule has 1 heterocycles. The highest BCUT2D eigenvalue weighted by Crippen LogP contribution is 2.36. The summed E-state index contributed by atoms with van der Waals surface area (Å²) in [6.45, 7) is 9.78. The lowest BCUT2D eigenvalue weighted by molar-refractivity contribution is 0.0520. The summed E-state index contributed by atoms with van der Waals surface area (Å²) in [5, 5.41) is 10.4. The topological polar surface area (TPSA) is 43.8 Å². The zero-order valence-electron chi connectivity index (χ0n) is 17.7. The number of halogens is 1. The van der Waals surface area contributed by atoms with Crippen molar-refractivity contribution in [1.82, 2.24) is 4.90 Å². The van der Waals surface area contributed by atoms with Gasteiger partial charge in [0.15, 0.2) is 0 Å². The molecule has 1 aliphatic rings. The minimum Gasteiger partial charge on any atom is -0.465 e. The van der Waals surface area contributed by atoms with Gasteiger partial charge in [0, 0.05) is 35.9 Å². The Morgan fingerprint density at radius 2 is 1.90 bits per heavy atom. The molecular weight excluding hydrogens is 384 g/mol. The lowest BCUT2D eigenvalue weighted by Crippen LogP contribution is -2.56. The molecule has 1 N–H and O–H groups in total. The largest absolute Gasteiger partial charge is 0.465 e. The molecule has 2 unspecified atom stereocenters. The lowest BCUT2D eigenvalue weighted by atomic mass is 9.78. The average molecular weight is 415 g/mol. The van der Waals surface area contributed by atoms with E-state index in [9.17, 15) is 9.90 Å². The highest BCUT2D eigenvalue weighted by Gasteiger charge is 2.40. The number of hydrogen-bond acceptors (Lipinski definition) is 2. The Balaban J connectivity index is 1.92. The first-order chi connectivity index (χ1) is 13.6. The van der Waals surface area contributed by atoms with Gasteiger partial charge in [0.1, 0.15) is 0 Å². The number of amides is 1. The van der Waals surface area contributed by atoms with Crippen LogP contribution in [-0.2, 0) is 6.54 Å². The molecule has 4 nitrogen and oxygen atoms in total. The number of piperidine rings is 1. The second-order valence-corrected chi connectivity index (χ2v) is 9.57. The molecule has 0 aromatic heterocycles. The van der Waals surface area contributed by atoms with Gasteiger partial charge in [0.2, 0.25) is 0 Å². The number of benzene rings is 2. The molecule has 29 heavy (non-hydrogen) atoms. The standard InChI is InChI=1S/C24H31ClN2O2/c1-17-8-10-20(11-9-17)27(16-18-6-5-7-19(25)14-18)21-12-13-26(23(28)29)22(15-21)24(2,3)4/h5-11,14,21-22H,12-13,15-16H2,1-4H3,(H,28,29). The summed E-state index contributed by atoms with van der Waals surface area (Å²) in [4.78, 5) is 15.9. The van der Waals surface area contributed by atoms with Gasteiger partial charge in [-0.05, 0) is 55.0 Å². The number of carboxylic acid groups (broad SMARTS) is 1. The van der Waals surface area contributed by atoms with E-state index in [1.165, 1.54) is 5.56 Å². The second kappa shape index (κ2) is 8.66. The molecule has 3 rings (SSSR count). The van der Waals surface area contributed by atoms with E-state index in [-0.39, 0.29) is 17.5 Å². The van der Waals surface area contributed by atoms with Gasteiger partial charge in [-0.3, -0.25) is 0 Å². The van der Waals surface area contributed by atoms with E-state index >= 15 is 0 Å². The Labute approximate surface area is 179 Å². The fraction of sp³-hybridized carbons (Fsp3) is 0.458. The number of anilines is 1. The summed E-state index contributed by atoms with van der Waals surface area (Å²) < 4.78 is 0. The van der Waals surface area contributed by atoms with E-state index in [0.717, 1.165) is 35.7 Å². The van der Waals surface area contributed by atoms with Gasteiger partial charge in [-0.1, -0.05) is 62.2 Å². The molecule has 1 amide bonds. The van der Waals surface area contributed by atoms with Crippen LogP contribution in [0.3, 0.4) is 0 Å². The van der Waals surface area contributed by atoms with Crippen molar-refractivity contribution in [3.63, 3.8) is 0 Å². The molecule has 5 heteroatoms. The Kier molecular flexibility index (Phi) is 6.42. The normalized spacial score (nSPS) is 19.8. The van der Waals surface area contributed by atoms with E-state index in [2.05, 4.69) is 62.9 Å². The maximum Gasteiger partial charge on any atom is 0.407 e. The van der Waals surface area contributed by atoms with Crippen LogP contribution in [0.2, 0.25) is 5.02 Å². The first kappa shape index (κ1) is 21.5. The molecular formula is C24H31ClN2O2. The Morgan fingerprint density at radius 1 is 1.21 bits per heavy atom. The monoisotopic (exact) mass is 414 g/mol. The maximum atomic E-state index is 11.8. The first-order valence-electron chi connectivity index (χ1n) is 10.2. The van der Waals surface area contributed by atoms with Crippen LogP contribution < -0.4 is 4.90 Å². The zero-order valence-corrected chi connectivity index (χ0v) is 18.5.